The fourth-order valence-electron chi connectivity index (χ4n) is 2.40. The molecule has 21 heavy (non-hydrogen) atoms. The molecule has 1 aliphatic rings. The van der Waals surface area contributed by atoms with Crippen molar-refractivity contribution < 1.29 is 13.2 Å². The monoisotopic (exact) mass is 349 g/mol. The molecule has 0 aliphatic carbocycles. The van der Waals surface area contributed by atoms with Crippen LogP contribution in [0.15, 0.2) is 23.1 Å². The second-order valence-electron chi connectivity index (χ2n) is 5.04. The number of hydrogen-bond donors (Lipinski definition) is 0. The Bertz CT molecular complexity index is 606. The lowest BCUT2D eigenvalue weighted by Crippen LogP contribution is -2.47. The average molecular weight is 350 g/mol. The number of ether oxygens (including phenoxy) is 1. The van der Waals surface area contributed by atoms with E-state index >= 15 is 0 Å². The standard InChI is InChI=1S/C14H20ClNO3S2/c1-10-11(2)20-7-6-16(10)21(17,18)13-4-5-14(19-3)12(8-13)9-15/h4-5,8,10-11H,6-7,9H2,1-3H3. The molecule has 0 amide bonds. The van der Waals surface area contributed by atoms with Crippen molar-refractivity contribution in [3.05, 3.63) is 23.8 Å². The molecule has 2 unspecified atom stereocenters. The van der Waals surface area contributed by atoms with E-state index in [4.69, 9.17) is 16.3 Å². The van der Waals surface area contributed by atoms with Gasteiger partial charge in [0.15, 0.2) is 0 Å². The molecule has 0 saturated carbocycles. The minimum Gasteiger partial charge on any atom is -0.496 e. The number of alkyl halides is 1. The molecule has 1 saturated heterocycles. The highest BCUT2D eigenvalue weighted by molar-refractivity contribution is 8.00. The van der Waals surface area contributed by atoms with Gasteiger partial charge in [0.1, 0.15) is 5.75 Å². The topological polar surface area (TPSA) is 46.6 Å². The van der Waals surface area contributed by atoms with Crippen LogP contribution in [-0.4, -0.2) is 43.4 Å². The molecule has 2 rings (SSSR count). The highest BCUT2D eigenvalue weighted by atomic mass is 35.5. The van der Waals surface area contributed by atoms with Gasteiger partial charge < -0.3 is 4.74 Å². The molecule has 0 radical (unpaired) electrons. The normalized spacial score (nSPS) is 24.0. The molecule has 0 bridgehead atoms. The van der Waals surface area contributed by atoms with Gasteiger partial charge in [-0.1, -0.05) is 6.92 Å². The first kappa shape index (κ1) is 16.9. The molecule has 118 valence electrons. The first-order valence-electron chi connectivity index (χ1n) is 6.78. The zero-order valence-electron chi connectivity index (χ0n) is 12.4. The number of halogens is 1. The number of hydrogen-bond acceptors (Lipinski definition) is 4. The van der Waals surface area contributed by atoms with Gasteiger partial charge in [-0.15, -0.1) is 11.6 Å². The Morgan fingerprint density at radius 1 is 1.43 bits per heavy atom. The predicted octanol–water partition coefficient (Wildman–Crippen LogP) is 2.95. The molecule has 1 fully saturated rings. The summed E-state index contributed by atoms with van der Waals surface area (Å²) in [5.41, 5.74) is 0.687. The molecule has 1 heterocycles. The van der Waals surface area contributed by atoms with Crippen LogP contribution in [0.3, 0.4) is 0 Å². The van der Waals surface area contributed by atoms with Gasteiger partial charge in [0.05, 0.1) is 17.9 Å². The number of benzene rings is 1. The van der Waals surface area contributed by atoms with Crippen LogP contribution in [0.25, 0.3) is 0 Å². The van der Waals surface area contributed by atoms with Gasteiger partial charge in [-0.2, -0.15) is 16.1 Å². The zero-order chi connectivity index (χ0) is 15.6. The number of methoxy groups -OCH3 is 1. The maximum atomic E-state index is 12.8. The van der Waals surface area contributed by atoms with E-state index in [1.165, 1.54) is 0 Å². The van der Waals surface area contributed by atoms with Crippen molar-refractivity contribution in [3.8, 4) is 5.75 Å². The lowest BCUT2D eigenvalue weighted by atomic mass is 10.2. The molecule has 4 nitrogen and oxygen atoms in total. The first-order chi connectivity index (χ1) is 9.91. The third-order valence-electron chi connectivity index (χ3n) is 3.83. The van der Waals surface area contributed by atoms with Crippen molar-refractivity contribution in [1.82, 2.24) is 4.31 Å². The van der Waals surface area contributed by atoms with Gasteiger partial charge in [-0.3, -0.25) is 0 Å². The summed E-state index contributed by atoms with van der Waals surface area (Å²) in [4.78, 5) is 0.282. The summed E-state index contributed by atoms with van der Waals surface area (Å²) in [6, 6.07) is 4.84. The fraction of sp³-hybridized carbons (Fsp3) is 0.571. The molecule has 1 aliphatic heterocycles. The minimum absolute atomic E-state index is 0.0182. The van der Waals surface area contributed by atoms with Crippen molar-refractivity contribution in [1.29, 1.82) is 0 Å². The number of thioether (sulfide) groups is 1. The van der Waals surface area contributed by atoms with Gasteiger partial charge >= 0.3 is 0 Å². The molecule has 0 aromatic heterocycles. The Kier molecular flexibility index (Phi) is 5.46. The van der Waals surface area contributed by atoms with E-state index in [9.17, 15) is 8.42 Å². The van der Waals surface area contributed by atoms with E-state index in [-0.39, 0.29) is 16.8 Å². The van der Waals surface area contributed by atoms with Gasteiger partial charge in [-0.25, -0.2) is 8.42 Å². The quantitative estimate of drug-likeness (QED) is 0.784. The Morgan fingerprint density at radius 3 is 2.76 bits per heavy atom. The van der Waals surface area contributed by atoms with Crippen LogP contribution >= 0.6 is 23.4 Å². The summed E-state index contributed by atoms with van der Waals surface area (Å²) in [7, 11) is -1.95. The lowest BCUT2D eigenvalue weighted by molar-refractivity contribution is 0.340. The summed E-state index contributed by atoms with van der Waals surface area (Å²) in [5, 5.41) is 0.291. The lowest BCUT2D eigenvalue weighted by Gasteiger charge is -2.36. The Hall–Kier alpha value is -0.430. The zero-order valence-corrected chi connectivity index (χ0v) is 14.8. The van der Waals surface area contributed by atoms with E-state index in [2.05, 4.69) is 6.92 Å². The van der Waals surface area contributed by atoms with Crippen molar-refractivity contribution in [2.24, 2.45) is 0 Å². The predicted molar refractivity (Wildman–Crippen MR) is 87.8 cm³/mol. The average Bonchev–Trinajstić information content (AvgIpc) is 2.49. The Morgan fingerprint density at radius 2 is 2.14 bits per heavy atom. The van der Waals surface area contributed by atoms with Crippen molar-refractivity contribution in [2.75, 3.05) is 19.4 Å². The van der Waals surface area contributed by atoms with Crippen LogP contribution < -0.4 is 4.74 Å². The van der Waals surface area contributed by atoms with Crippen LogP contribution in [-0.2, 0) is 15.9 Å². The van der Waals surface area contributed by atoms with Gasteiger partial charge in [0, 0.05) is 29.2 Å². The summed E-state index contributed by atoms with van der Waals surface area (Å²) in [6.07, 6.45) is 0. The maximum Gasteiger partial charge on any atom is 0.243 e. The molecule has 2 atom stereocenters. The molecular weight excluding hydrogens is 330 g/mol. The molecule has 1 aromatic rings. The van der Waals surface area contributed by atoms with E-state index in [1.807, 2.05) is 18.7 Å². The van der Waals surface area contributed by atoms with Gasteiger partial charge in [0.2, 0.25) is 10.0 Å². The highest BCUT2D eigenvalue weighted by Crippen LogP contribution is 2.31. The number of rotatable bonds is 4. The van der Waals surface area contributed by atoms with Crippen LogP contribution in [0.1, 0.15) is 19.4 Å². The third kappa shape index (κ3) is 3.33. The maximum absolute atomic E-state index is 12.8. The molecule has 7 heteroatoms. The van der Waals surface area contributed by atoms with Crippen LogP contribution in [0, 0.1) is 0 Å². The summed E-state index contributed by atoms with van der Waals surface area (Å²) < 4.78 is 32.5. The minimum atomic E-state index is -3.50. The Labute approximate surface area is 135 Å². The van der Waals surface area contributed by atoms with E-state index in [0.29, 0.717) is 23.1 Å². The number of nitrogens with zero attached hydrogens (tertiary/aromatic N) is 1. The largest absolute Gasteiger partial charge is 0.496 e. The second-order valence-corrected chi connectivity index (χ2v) is 8.68. The van der Waals surface area contributed by atoms with Crippen molar-refractivity contribution >= 4 is 33.4 Å². The third-order valence-corrected chi connectivity index (χ3v) is 7.44. The molecule has 0 spiro atoms. The summed E-state index contributed by atoms with van der Waals surface area (Å²) >= 11 is 7.69. The summed E-state index contributed by atoms with van der Waals surface area (Å²) in [5.74, 6) is 1.65. The first-order valence-corrected chi connectivity index (χ1v) is 9.80. The molecule has 1 aromatic carbocycles. The van der Waals surface area contributed by atoms with Gasteiger partial charge in [-0.05, 0) is 25.1 Å². The second kappa shape index (κ2) is 6.77. The van der Waals surface area contributed by atoms with Crippen molar-refractivity contribution in [3.63, 3.8) is 0 Å². The molecular formula is C14H20ClNO3S2. The fourth-order valence-corrected chi connectivity index (χ4v) is 5.65. The molecule has 0 N–H and O–H groups in total. The van der Waals surface area contributed by atoms with E-state index in [0.717, 1.165) is 5.75 Å². The SMILES string of the molecule is COc1ccc(S(=O)(=O)N2CCSC(C)C2C)cc1CCl. The van der Waals surface area contributed by atoms with Crippen LogP contribution in [0.2, 0.25) is 0 Å². The van der Waals surface area contributed by atoms with Crippen LogP contribution in [0.4, 0.5) is 0 Å². The highest BCUT2D eigenvalue weighted by Gasteiger charge is 2.35. The van der Waals surface area contributed by atoms with E-state index < -0.39 is 10.0 Å². The number of sulfonamides is 1. The van der Waals surface area contributed by atoms with E-state index in [1.54, 1.807) is 29.6 Å². The van der Waals surface area contributed by atoms with Gasteiger partial charge in [0.25, 0.3) is 0 Å². The summed E-state index contributed by atoms with van der Waals surface area (Å²) in [6.45, 7) is 4.57. The van der Waals surface area contributed by atoms with Crippen molar-refractivity contribution in [2.45, 2.75) is 35.9 Å². The van der Waals surface area contributed by atoms with Crippen LogP contribution in [0.5, 0.6) is 5.75 Å². The Balaban J connectivity index is 2.39. The smallest absolute Gasteiger partial charge is 0.243 e.